The Hall–Kier alpha value is -2.63. The van der Waals surface area contributed by atoms with Crippen LogP contribution in [0.15, 0.2) is 54.2 Å². The zero-order chi connectivity index (χ0) is 20.5. The second-order valence-corrected chi connectivity index (χ2v) is 8.93. The van der Waals surface area contributed by atoms with Gasteiger partial charge in [-0.1, -0.05) is 18.2 Å². The van der Waals surface area contributed by atoms with Gasteiger partial charge in [-0.15, -0.1) is 23.7 Å². The van der Waals surface area contributed by atoms with Crippen LogP contribution < -0.4 is 10.2 Å². The number of hydrogen-bond donors (Lipinski definition) is 1. The molecular formula is C25H27ClN4S. The average molecular weight is 451 g/mol. The van der Waals surface area contributed by atoms with Crippen molar-refractivity contribution in [2.75, 3.05) is 23.3 Å². The Kier molecular flexibility index (Phi) is 6.44. The van der Waals surface area contributed by atoms with Crippen molar-refractivity contribution in [3.8, 4) is 11.1 Å². The number of hydrogen-bond acceptors (Lipinski definition) is 5. The Labute approximate surface area is 193 Å². The number of aromatic nitrogens is 2. The third-order valence-electron chi connectivity index (χ3n) is 6.04. The molecule has 0 radical (unpaired) electrons. The minimum atomic E-state index is 0. The maximum Gasteiger partial charge on any atom is 0.143 e. The first-order chi connectivity index (χ1) is 14.7. The number of anilines is 3. The lowest BCUT2D eigenvalue weighted by atomic mass is 10.0. The number of aryl methyl sites for hydroxylation is 2. The summed E-state index contributed by atoms with van der Waals surface area (Å²) in [5.41, 5.74) is 7.36. The highest BCUT2D eigenvalue weighted by atomic mass is 35.5. The van der Waals surface area contributed by atoms with Crippen molar-refractivity contribution in [3.05, 3.63) is 65.3 Å². The summed E-state index contributed by atoms with van der Waals surface area (Å²) < 4.78 is 0. The summed E-state index contributed by atoms with van der Waals surface area (Å²) in [6.45, 7) is 6.63. The summed E-state index contributed by atoms with van der Waals surface area (Å²) in [5.74, 6) is 0.861. The number of nitrogens with one attached hydrogen (secondary N) is 1. The van der Waals surface area contributed by atoms with Gasteiger partial charge in [-0.3, -0.25) is 0 Å². The molecule has 1 saturated heterocycles. The molecule has 0 spiro atoms. The van der Waals surface area contributed by atoms with Crippen LogP contribution in [-0.4, -0.2) is 23.1 Å². The van der Waals surface area contributed by atoms with E-state index < -0.39 is 0 Å². The average Bonchev–Trinajstić information content (AvgIpc) is 3.22. The number of nitrogens with zero attached hydrogens (tertiary/aromatic N) is 3. The van der Waals surface area contributed by atoms with Crippen molar-refractivity contribution in [2.24, 2.45) is 0 Å². The maximum absolute atomic E-state index is 4.59. The van der Waals surface area contributed by atoms with E-state index in [9.17, 15) is 0 Å². The molecule has 0 saturated carbocycles. The third kappa shape index (κ3) is 4.39. The van der Waals surface area contributed by atoms with E-state index in [0.29, 0.717) is 0 Å². The van der Waals surface area contributed by atoms with Crippen LogP contribution in [0.4, 0.5) is 17.2 Å². The fourth-order valence-corrected chi connectivity index (χ4v) is 5.05. The van der Waals surface area contributed by atoms with E-state index in [2.05, 4.69) is 81.9 Å². The van der Waals surface area contributed by atoms with E-state index in [1.807, 2.05) is 0 Å². The van der Waals surface area contributed by atoms with Gasteiger partial charge in [0.2, 0.25) is 0 Å². The van der Waals surface area contributed by atoms with Crippen LogP contribution in [0, 0.1) is 13.8 Å². The molecule has 5 rings (SSSR count). The molecule has 4 aromatic rings. The highest BCUT2D eigenvalue weighted by Gasteiger charge is 2.15. The van der Waals surface area contributed by atoms with E-state index in [4.69, 9.17) is 0 Å². The first-order valence-corrected chi connectivity index (χ1v) is 11.5. The van der Waals surface area contributed by atoms with Gasteiger partial charge in [0.25, 0.3) is 0 Å². The molecule has 0 bridgehead atoms. The van der Waals surface area contributed by atoms with Gasteiger partial charge < -0.3 is 10.2 Å². The third-order valence-corrected chi connectivity index (χ3v) is 6.93. The largest absolute Gasteiger partial charge is 0.372 e. The topological polar surface area (TPSA) is 41.1 Å². The zero-order valence-corrected chi connectivity index (χ0v) is 19.5. The fraction of sp³-hybridized carbons (Fsp3) is 0.280. The SMILES string of the molecule is Cc1ccc(-c2csc3ncnc(Nc4ccc(N5CCCCC5)cc4)c23)cc1C.Cl. The van der Waals surface area contributed by atoms with Gasteiger partial charge in [-0.25, -0.2) is 9.97 Å². The Bertz CT molecular complexity index is 1180. The molecule has 0 aliphatic carbocycles. The van der Waals surface area contributed by atoms with Crippen LogP contribution in [0.2, 0.25) is 0 Å². The number of fused-ring (bicyclic) bond motifs is 1. The molecule has 6 heteroatoms. The van der Waals surface area contributed by atoms with Crippen molar-refractivity contribution in [1.82, 2.24) is 9.97 Å². The number of rotatable bonds is 4. The first kappa shape index (κ1) is 21.6. The normalized spacial score (nSPS) is 13.8. The number of halogens is 1. The van der Waals surface area contributed by atoms with Gasteiger partial charge in [0.1, 0.15) is 17.0 Å². The Morgan fingerprint density at radius 1 is 0.903 bits per heavy atom. The Balaban J connectivity index is 0.00000231. The molecule has 1 fully saturated rings. The molecule has 0 unspecified atom stereocenters. The van der Waals surface area contributed by atoms with E-state index in [-0.39, 0.29) is 12.4 Å². The van der Waals surface area contributed by atoms with Crippen LogP contribution >= 0.6 is 23.7 Å². The number of piperidine rings is 1. The molecule has 2 aromatic carbocycles. The molecule has 0 amide bonds. The molecule has 4 nitrogen and oxygen atoms in total. The number of thiophene rings is 1. The summed E-state index contributed by atoms with van der Waals surface area (Å²) in [6.07, 6.45) is 5.58. The second-order valence-electron chi connectivity index (χ2n) is 8.07. The minimum absolute atomic E-state index is 0. The summed E-state index contributed by atoms with van der Waals surface area (Å²) >= 11 is 1.67. The molecular weight excluding hydrogens is 424 g/mol. The van der Waals surface area contributed by atoms with Gasteiger partial charge in [-0.2, -0.15) is 0 Å². The van der Waals surface area contributed by atoms with Crippen molar-refractivity contribution < 1.29 is 0 Å². The lowest BCUT2D eigenvalue weighted by Gasteiger charge is -2.28. The summed E-state index contributed by atoms with van der Waals surface area (Å²) in [6, 6.07) is 15.4. The van der Waals surface area contributed by atoms with Gasteiger partial charge in [0.05, 0.1) is 5.39 Å². The smallest absolute Gasteiger partial charge is 0.143 e. The van der Waals surface area contributed by atoms with Gasteiger partial charge in [0.15, 0.2) is 0 Å². The van der Waals surface area contributed by atoms with Crippen LogP contribution in [0.25, 0.3) is 21.3 Å². The monoisotopic (exact) mass is 450 g/mol. The van der Waals surface area contributed by atoms with Crippen molar-refractivity contribution in [1.29, 1.82) is 0 Å². The van der Waals surface area contributed by atoms with Gasteiger partial charge in [-0.05, 0) is 74.1 Å². The van der Waals surface area contributed by atoms with Crippen LogP contribution in [-0.2, 0) is 0 Å². The standard InChI is InChI=1S/C25H26N4S.ClH/c1-17-6-7-19(14-18(17)2)22-15-30-25-23(22)24(26-16-27-25)28-20-8-10-21(11-9-20)29-12-4-3-5-13-29;/h6-11,14-16H,3-5,12-13H2,1-2H3,(H,26,27,28);1H. The van der Waals surface area contributed by atoms with E-state index in [1.165, 1.54) is 47.2 Å². The Morgan fingerprint density at radius 3 is 2.42 bits per heavy atom. The van der Waals surface area contributed by atoms with Crippen LogP contribution in [0.5, 0.6) is 0 Å². The quantitative estimate of drug-likeness (QED) is 0.359. The Morgan fingerprint density at radius 2 is 1.68 bits per heavy atom. The summed E-state index contributed by atoms with van der Waals surface area (Å²) in [7, 11) is 0. The molecule has 31 heavy (non-hydrogen) atoms. The predicted octanol–water partition coefficient (Wildman–Crippen LogP) is 7.13. The molecule has 0 atom stereocenters. The number of benzene rings is 2. The van der Waals surface area contributed by atoms with E-state index in [0.717, 1.165) is 34.8 Å². The van der Waals surface area contributed by atoms with Gasteiger partial charge in [0, 0.05) is 35.4 Å². The lowest BCUT2D eigenvalue weighted by Crippen LogP contribution is -2.29. The second kappa shape index (κ2) is 9.25. The maximum atomic E-state index is 4.59. The fourth-order valence-electron chi connectivity index (χ4n) is 4.14. The van der Waals surface area contributed by atoms with Crippen molar-refractivity contribution >= 4 is 51.2 Å². The van der Waals surface area contributed by atoms with Crippen molar-refractivity contribution in [3.63, 3.8) is 0 Å². The highest BCUT2D eigenvalue weighted by molar-refractivity contribution is 7.17. The molecule has 3 heterocycles. The van der Waals surface area contributed by atoms with E-state index >= 15 is 0 Å². The van der Waals surface area contributed by atoms with Crippen LogP contribution in [0.3, 0.4) is 0 Å². The highest BCUT2D eigenvalue weighted by Crippen LogP contribution is 2.38. The molecule has 1 N–H and O–H groups in total. The van der Waals surface area contributed by atoms with Crippen molar-refractivity contribution in [2.45, 2.75) is 33.1 Å². The summed E-state index contributed by atoms with van der Waals surface area (Å²) in [4.78, 5) is 12.6. The first-order valence-electron chi connectivity index (χ1n) is 10.6. The lowest BCUT2D eigenvalue weighted by molar-refractivity contribution is 0.578. The molecule has 1 aliphatic rings. The molecule has 160 valence electrons. The minimum Gasteiger partial charge on any atom is -0.372 e. The molecule has 1 aliphatic heterocycles. The van der Waals surface area contributed by atoms with Gasteiger partial charge >= 0.3 is 0 Å². The van der Waals surface area contributed by atoms with Crippen LogP contribution in [0.1, 0.15) is 30.4 Å². The summed E-state index contributed by atoms with van der Waals surface area (Å²) in [5, 5.41) is 6.81. The molecule has 2 aromatic heterocycles. The zero-order valence-electron chi connectivity index (χ0n) is 17.9. The van der Waals surface area contributed by atoms with E-state index in [1.54, 1.807) is 17.7 Å². The predicted molar refractivity (Wildman–Crippen MR) is 135 cm³/mol.